The number of amides is 1. The van der Waals surface area contributed by atoms with Gasteiger partial charge < -0.3 is 5.32 Å². The molecule has 0 saturated carbocycles. The first-order chi connectivity index (χ1) is 10.9. The fraction of sp³-hybridized carbons (Fsp3) is 0.235. The minimum absolute atomic E-state index is 0.107. The Morgan fingerprint density at radius 1 is 1.26 bits per heavy atom. The summed E-state index contributed by atoms with van der Waals surface area (Å²) in [4.78, 5) is 16.7. The molecule has 6 heteroatoms. The molecule has 118 valence electrons. The number of nitrogens with one attached hydrogen (secondary N) is 1. The number of carbonyl (C=O) groups is 1. The molecular weight excluding hydrogens is 312 g/mol. The van der Waals surface area contributed by atoms with E-state index in [1.165, 1.54) is 10.1 Å². The summed E-state index contributed by atoms with van der Waals surface area (Å²) in [5, 5.41) is 7.40. The Kier molecular flexibility index (Phi) is 4.05. The molecule has 1 atom stereocenters. The number of hydrogen-bond acceptors (Lipinski definition) is 3. The zero-order chi connectivity index (χ0) is 16.6. The summed E-state index contributed by atoms with van der Waals surface area (Å²) in [5.41, 5.74) is 4.35. The summed E-state index contributed by atoms with van der Waals surface area (Å²) in [6, 6.07) is 9.45. The van der Waals surface area contributed by atoms with E-state index >= 15 is 0 Å². The highest BCUT2D eigenvalue weighted by Crippen LogP contribution is 2.19. The standard InChI is InChI=1S/C17H17ClN4O/c1-10-4-5-13(11(2)8-10)12(3)19-17(23)14-9-22-16(20-14)7-6-15(18)21-22/h4-9,12H,1-3H3,(H,19,23)/t12-/m1/s1. The maximum absolute atomic E-state index is 12.4. The van der Waals surface area contributed by atoms with Gasteiger partial charge in [-0.1, -0.05) is 35.4 Å². The second-order valence-electron chi connectivity index (χ2n) is 5.64. The number of carbonyl (C=O) groups excluding carboxylic acids is 1. The highest BCUT2D eigenvalue weighted by Gasteiger charge is 2.16. The van der Waals surface area contributed by atoms with Crippen LogP contribution >= 0.6 is 11.6 Å². The minimum Gasteiger partial charge on any atom is -0.344 e. The SMILES string of the molecule is Cc1ccc([C@@H](C)NC(=O)c2cn3nc(Cl)ccc3n2)c(C)c1. The lowest BCUT2D eigenvalue weighted by atomic mass is 10.0. The smallest absolute Gasteiger partial charge is 0.272 e. The molecule has 3 rings (SSSR count). The Bertz CT molecular complexity index is 887. The number of aromatic nitrogens is 3. The zero-order valence-electron chi connectivity index (χ0n) is 13.2. The lowest BCUT2D eigenvalue weighted by Crippen LogP contribution is -2.27. The number of halogens is 1. The van der Waals surface area contributed by atoms with E-state index in [4.69, 9.17) is 11.6 Å². The van der Waals surface area contributed by atoms with Crippen molar-refractivity contribution in [2.75, 3.05) is 0 Å². The van der Waals surface area contributed by atoms with Gasteiger partial charge in [-0.25, -0.2) is 9.50 Å². The summed E-state index contributed by atoms with van der Waals surface area (Å²) in [5.74, 6) is -0.237. The molecule has 0 aliphatic rings. The molecule has 23 heavy (non-hydrogen) atoms. The molecule has 0 spiro atoms. The van der Waals surface area contributed by atoms with Crippen molar-refractivity contribution in [3.05, 3.63) is 64.1 Å². The molecule has 1 amide bonds. The van der Waals surface area contributed by atoms with E-state index in [9.17, 15) is 4.79 Å². The van der Waals surface area contributed by atoms with E-state index in [1.54, 1.807) is 18.3 Å². The average Bonchev–Trinajstić information content (AvgIpc) is 2.90. The van der Waals surface area contributed by atoms with Gasteiger partial charge in [-0.3, -0.25) is 4.79 Å². The molecule has 2 heterocycles. The van der Waals surface area contributed by atoms with Crippen LogP contribution in [0.3, 0.4) is 0 Å². The Hall–Kier alpha value is -2.40. The van der Waals surface area contributed by atoms with Crippen molar-refractivity contribution in [1.82, 2.24) is 19.9 Å². The molecule has 0 fully saturated rings. The first-order valence-electron chi connectivity index (χ1n) is 7.34. The van der Waals surface area contributed by atoms with Gasteiger partial charge in [0, 0.05) is 0 Å². The molecular formula is C17H17ClN4O. The molecule has 1 N–H and O–H groups in total. The number of hydrogen-bond donors (Lipinski definition) is 1. The Morgan fingerprint density at radius 2 is 2.04 bits per heavy atom. The van der Waals surface area contributed by atoms with Crippen molar-refractivity contribution in [2.45, 2.75) is 26.8 Å². The summed E-state index contributed by atoms with van der Waals surface area (Å²) in [7, 11) is 0. The fourth-order valence-corrected chi connectivity index (χ4v) is 2.77. The van der Waals surface area contributed by atoms with Crippen molar-refractivity contribution >= 4 is 23.2 Å². The summed E-state index contributed by atoms with van der Waals surface area (Å²) in [6.07, 6.45) is 1.57. The highest BCUT2D eigenvalue weighted by molar-refractivity contribution is 6.29. The molecule has 0 aliphatic heterocycles. The second-order valence-corrected chi connectivity index (χ2v) is 6.03. The number of benzene rings is 1. The number of fused-ring (bicyclic) bond motifs is 1. The topological polar surface area (TPSA) is 59.3 Å². The average molecular weight is 329 g/mol. The molecule has 0 aliphatic carbocycles. The second kappa shape index (κ2) is 6.01. The number of nitrogens with zero attached hydrogens (tertiary/aromatic N) is 3. The van der Waals surface area contributed by atoms with Crippen LogP contribution in [0.4, 0.5) is 0 Å². The van der Waals surface area contributed by atoms with Gasteiger partial charge in [0.2, 0.25) is 0 Å². The summed E-state index contributed by atoms with van der Waals surface area (Å²) >= 11 is 5.84. The fourth-order valence-electron chi connectivity index (χ4n) is 2.63. The van der Waals surface area contributed by atoms with Crippen LogP contribution in [0, 0.1) is 13.8 Å². The Labute approximate surface area is 139 Å². The maximum Gasteiger partial charge on any atom is 0.272 e. The third-order valence-corrected chi connectivity index (χ3v) is 3.96. The van der Waals surface area contributed by atoms with Crippen molar-refractivity contribution in [1.29, 1.82) is 0 Å². The Morgan fingerprint density at radius 3 is 2.78 bits per heavy atom. The van der Waals surface area contributed by atoms with E-state index < -0.39 is 0 Å². The first kappa shape index (κ1) is 15.5. The van der Waals surface area contributed by atoms with Crippen LogP contribution in [0.5, 0.6) is 0 Å². The lowest BCUT2D eigenvalue weighted by Gasteiger charge is -2.16. The van der Waals surface area contributed by atoms with Gasteiger partial charge in [-0.2, -0.15) is 5.10 Å². The predicted molar refractivity (Wildman–Crippen MR) is 89.8 cm³/mol. The van der Waals surface area contributed by atoms with E-state index in [2.05, 4.69) is 28.4 Å². The first-order valence-corrected chi connectivity index (χ1v) is 7.72. The molecule has 0 radical (unpaired) electrons. The molecule has 0 bridgehead atoms. The molecule has 5 nitrogen and oxygen atoms in total. The molecule has 0 saturated heterocycles. The third-order valence-electron chi connectivity index (χ3n) is 3.76. The molecule has 2 aromatic heterocycles. The van der Waals surface area contributed by atoms with Crippen LogP contribution in [0.15, 0.2) is 36.5 Å². The minimum atomic E-state index is -0.237. The summed E-state index contributed by atoms with van der Waals surface area (Å²) in [6.45, 7) is 6.05. The molecule has 3 aromatic rings. The van der Waals surface area contributed by atoms with Gasteiger partial charge in [-0.05, 0) is 44.0 Å². The van der Waals surface area contributed by atoms with E-state index in [-0.39, 0.29) is 11.9 Å². The number of rotatable bonds is 3. The molecule has 1 aromatic carbocycles. The van der Waals surface area contributed by atoms with Gasteiger partial charge in [0.1, 0.15) is 10.8 Å². The predicted octanol–water partition coefficient (Wildman–Crippen LogP) is 3.49. The van der Waals surface area contributed by atoms with E-state index in [0.717, 1.165) is 11.1 Å². The van der Waals surface area contributed by atoms with Crippen LogP contribution in [-0.2, 0) is 0 Å². The van der Waals surface area contributed by atoms with Gasteiger partial charge >= 0.3 is 0 Å². The van der Waals surface area contributed by atoms with Crippen LogP contribution in [0.1, 0.15) is 40.1 Å². The lowest BCUT2D eigenvalue weighted by molar-refractivity contribution is 0.0935. The van der Waals surface area contributed by atoms with Gasteiger partial charge in [0.25, 0.3) is 5.91 Å². The number of aryl methyl sites for hydroxylation is 2. The van der Waals surface area contributed by atoms with Crippen molar-refractivity contribution in [3.8, 4) is 0 Å². The van der Waals surface area contributed by atoms with Crippen LogP contribution in [-0.4, -0.2) is 20.5 Å². The monoisotopic (exact) mass is 328 g/mol. The van der Waals surface area contributed by atoms with Crippen molar-refractivity contribution < 1.29 is 4.79 Å². The van der Waals surface area contributed by atoms with E-state index in [0.29, 0.717) is 16.5 Å². The Balaban J connectivity index is 1.82. The van der Waals surface area contributed by atoms with Crippen LogP contribution in [0.2, 0.25) is 5.15 Å². The normalized spacial score (nSPS) is 12.3. The zero-order valence-corrected chi connectivity index (χ0v) is 13.9. The van der Waals surface area contributed by atoms with Gasteiger partial charge in [0.05, 0.1) is 12.2 Å². The van der Waals surface area contributed by atoms with Crippen LogP contribution in [0.25, 0.3) is 5.65 Å². The highest BCUT2D eigenvalue weighted by atomic mass is 35.5. The van der Waals surface area contributed by atoms with Crippen molar-refractivity contribution in [2.24, 2.45) is 0 Å². The third kappa shape index (κ3) is 3.19. The van der Waals surface area contributed by atoms with Crippen LogP contribution < -0.4 is 5.32 Å². The maximum atomic E-state index is 12.4. The van der Waals surface area contributed by atoms with E-state index in [1.807, 2.05) is 26.0 Å². The largest absolute Gasteiger partial charge is 0.344 e. The van der Waals surface area contributed by atoms with Gasteiger partial charge in [0.15, 0.2) is 5.65 Å². The summed E-state index contributed by atoms with van der Waals surface area (Å²) < 4.78 is 1.50. The van der Waals surface area contributed by atoms with Crippen molar-refractivity contribution in [3.63, 3.8) is 0 Å². The molecule has 0 unspecified atom stereocenters. The quantitative estimate of drug-likeness (QED) is 0.800. The van der Waals surface area contributed by atoms with Gasteiger partial charge in [-0.15, -0.1) is 0 Å². The number of imidazole rings is 1.